The Hall–Kier alpha value is -1.59. The average Bonchev–Trinajstić information content (AvgIpc) is 2.81. The number of halogens is 1. The maximum Gasteiger partial charge on any atom is 0.306 e. The highest BCUT2D eigenvalue weighted by Crippen LogP contribution is 2.31. The van der Waals surface area contributed by atoms with E-state index in [1.165, 1.54) is 0 Å². The number of hydrogen-bond donors (Lipinski definition) is 3. The normalized spacial score (nSPS) is 24.8. The number of benzene rings is 1. The summed E-state index contributed by atoms with van der Waals surface area (Å²) in [7, 11) is 0. The van der Waals surface area contributed by atoms with Gasteiger partial charge in [0.25, 0.3) is 5.91 Å². The van der Waals surface area contributed by atoms with Crippen LogP contribution in [0.15, 0.2) is 18.2 Å². The van der Waals surface area contributed by atoms with Crippen molar-refractivity contribution in [3.05, 3.63) is 34.3 Å². The van der Waals surface area contributed by atoms with Crippen molar-refractivity contribution in [3.8, 4) is 0 Å². The summed E-state index contributed by atoms with van der Waals surface area (Å²) < 4.78 is 0. The van der Waals surface area contributed by atoms with Gasteiger partial charge in [-0.05, 0) is 37.5 Å². The molecule has 1 aliphatic rings. The van der Waals surface area contributed by atoms with Crippen molar-refractivity contribution in [3.63, 3.8) is 0 Å². The molecule has 2 rings (SSSR count). The second kappa shape index (κ2) is 6.45. The first-order valence-electron chi connectivity index (χ1n) is 6.83. The molecule has 0 spiro atoms. The first kappa shape index (κ1) is 15.8. The summed E-state index contributed by atoms with van der Waals surface area (Å²) in [6.45, 7) is 2.11. The van der Waals surface area contributed by atoms with E-state index >= 15 is 0 Å². The molecule has 1 fully saturated rings. The van der Waals surface area contributed by atoms with E-state index in [0.717, 1.165) is 5.56 Å². The van der Waals surface area contributed by atoms with Crippen LogP contribution in [-0.2, 0) is 4.79 Å². The minimum Gasteiger partial charge on any atom is -0.481 e. The predicted octanol–water partition coefficient (Wildman–Crippen LogP) is 1.85. The third-order valence-corrected chi connectivity index (χ3v) is 4.37. The maximum absolute atomic E-state index is 12.0. The Labute approximate surface area is 127 Å². The zero-order chi connectivity index (χ0) is 15.6. The Balaban J connectivity index is 1.92. The van der Waals surface area contributed by atoms with Crippen molar-refractivity contribution in [1.82, 2.24) is 5.32 Å². The van der Waals surface area contributed by atoms with Gasteiger partial charge in [-0.3, -0.25) is 9.59 Å². The molecule has 5 nitrogen and oxygen atoms in total. The second-order valence-electron chi connectivity index (χ2n) is 5.51. The van der Waals surface area contributed by atoms with Crippen molar-refractivity contribution in [2.45, 2.75) is 25.9 Å². The van der Waals surface area contributed by atoms with Crippen LogP contribution in [0.4, 0.5) is 0 Å². The van der Waals surface area contributed by atoms with Gasteiger partial charge in [0.05, 0.1) is 12.0 Å². The highest BCUT2D eigenvalue weighted by atomic mass is 35.5. The Kier molecular flexibility index (Phi) is 4.85. The van der Waals surface area contributed by atoms with E-state index in [1.54, 1.807) is 18.2 Å². The lowest BCUT2D eigenvalue weighted by molar-refractivity contribution is -0.141. The highest BCUT2D eigenvalue weighted by Gasteiger charge is 2.36. The summed E-state index contributed by atoms with van der Waals surface area (Å²) in [4.78, 5) is 22.9. The Morgan fingerprint density at radius 3 is 2.67 bits per heavy atom. The van der Waals surface area contributed by atoms with Gasteiger partial charge in [-0.2, -0.15) is 0 Å². The number of carbonyl (C=O) groups excluding carboxylic acids is 1. The highest BCUT2D eigenvalue weighted by molar-refractivity contribution is 6.31. The molecule has 0 radical (unpaired) electrons. The molecule has 1 aliphatic carbocycles. The van der Waals surface area contributed by atoms with Crippen LogP contribution >= 0.6 is 11.6 Å². The summed E-state index contributed by atoms with van der Waals surface area (Å²) in [6, 6.07) is 5.04. The monoisotopic (exact) mass is 311 g/mol. The lowest BCUT2D eigenvalue weighted by Crippen LogP contribution is -2.32. The largest absolute Gasteiger partial charge is 0.481 e. The minimum absolute atomic E-state index is 0.226. The van der Waals surface area contributed by atoms with Crippen molar-refractivity contribution >= 4 is 23.5 Å². The summed E-state index contributed by atoms with van der Waals surface area (Å²) >= 11 is 5.98. The van der Waals surface area contributed by atoms with Gasteiger partial charge in [0.2, 0.25) is 0 Å². The van der Waals surface area contributed by atoms with Crippen LogP contribution in [0.1, 0.15) is 28.8 Å². The van der Waals surface area contributed by atoms with Crippen molar-refractivity contribution in [2.24, 2.45) is 11.8 Å². The molecular formula is C15H18ClNO4. The quantitative estimate of drug-likeness (QED) is 0.792. The van der Waals surface area contributed by atoms with Crippen molar-refractivity contribution < 1.29 is 19.8 Å². The summed E-state index contributed by atoms with van der Waals surface area (Å²) in [5, 5.41) is 22.0. The second-order valence-corrected chi connectivity index (χ2v) is 5.92. The van der Waals surface area contributed by atoms with Crippen molar-refractivity contribution in [2.75, 3.05) is 6.54 Å². The average molecular weight is 312 g/mol. The van der Waals surface area contributed by atoms with Crippen LogP contribution in [0.5, 0.6) is 0 Å². The lowest BCUT2D eigenvalue weighted by atomic mass is 10.0. The third kappa shape index (κ3) is 3.74. The SMILES string of the molecule is Cc1ccc(C(=O)NC[C@H]2C[C@@H](C(=O)O)C[C@H]2O)cc1Cl. The number of aliphatic hydroxyl groups is 1. The molecule has 0 heterocycles. The first-order valence-corrected chi connectivity index (χ1v) is 7.21. The maximum atomic E-state index is 12.0. The number of carbonyl (C=O) groups is 2. The van der Waals surface area contributed by atoms with Gasteiger partial charge in [-0.15, -0.1) is 0 Å². The first-order chi connectivity index (χ1) is 9.88. The Morgan fingerprint density at radius 1 is 1.38 bits per heavy atom. The van der Waals surface area contributed by atoms with Gasteiger partial charge in [0.1, 0.15) is 0 Å². The van der Waals surface area contributed by atoms with Crippen LogP contribution in [-0.4, -0.2) is 34.7 Å². The lowest BCUT2D eigenvalue weighted by Gasteiger charge is -2.15. The topological polar surface area (TPSA) is 86.6 Å². The Morgan fingerprint density at radius 2 is 2.10 bits per heavy atom. The zero-order valence-corrected chi connectivity index (χ0v) is 12.4. The summed E-state index contributed by atoms with van der Waals surface area (Å²) in [5.41, 5.74) is 1.34. The van der Waals surface area contributed by atoms with Gasteiger partial charge in [0.15, 0.2) is 0 Å². The van der Waals surface area contributed by atoms with Gasteiger partial charge in [-0.25, -0.2) is 0 Å². The number of aliphatic hydroxyl groups excluding tert-OH is 1. The van der Waals surface area contributed by atoms with E-state index in [0.29, 0.717) is 17.0 Å². The number of nitrogens with one attached hydrogen (secondary N) is 1. The molecular weight excluding hydrogens is 294 g/mol. The van der Waals surface area contributed by atoms with Crippen LogP contribution in [0.25, 0.3) is 0 Å². The number of amides is 1. The summed E-state index contributed by atoms with van der Waals surface area (Å²) in [6.07, 6.45) is -0.0643. The number of carboxylic acid groups (broad SMARTS) is 1. The van der Waals surface area contributed by atoms with E-state index in [2.05, 4.69) is 5.32 Å². The Bertz CT molecular complexity index is 561. The summed E-state index contributed by atoms with van der Waals surface area (Å²) in [5.74, 6) is -1.93. The fraction of sp³-hybridized carbons (Fsp3) is 0.467. The molecule has 1 aromatic rings. The van der Waals surface area contributed by atoms with Crippen molar-refractivity contribution in [1.29, 1.82) is 0 Å². The fourth-order valence-electron chi connectivity index (χ4n) is 2.58. The number of rotatable bonds is 4. The van der Waals surface area contributed by atoms with Gasteiger partial charge in [0, 0.05) is 23.0 Å². The fourth-order valence-corrected chi connectivity index (χ4v) is 2.76. The molecule has 0 aliphatic heterocycles. The molecule has 1 amide bonds. The number of carboxylic acids is 1. The van der Waals surface area contributed by atoms with E-state index in [1.807, 2.05) is 6.92 Å². The molecule has 6 heteroatoms. The minimum atomic E-state index is -0.895. The molecule has 21 heavy (non-hydrogen) atoms. The molecule has 0 aromatic heterocycles. The predicted molar refractivity (Wildman–Crippen MR) is 78.4 cm³/mol. The molecule has 1 saturated carbocycles. The molecule has 3 N–H and O–H groups in total. The van der Waals surface area contributed by atoms with Crippen LogP contribution < -0.4 is 5.32 Å². The van der Waals surface area contributed by atoms with E-state index in [9.17, 15) is 14.7 Å². The smallest absolute Gasteiger partial charge is 0.306 e. The molecule has 1 aromatic carbocycles. The van der Waals surface area contributed by atoms with Crippen LogP contribution in [0.2, 0.25) is 5.02 Å². The van der Waals surface area contributed by atoms with E-state index in [-0.39, 0.29) is 24.8 Å². The van der Waals surface area contributed by atoms with Gasteiger partial charge >= 0.3 is 5.97 Å². The van der Waals surface area contributed by atoms with Crippen LogP contribution in [0, 0.1) is 18.8 Å². The number of aryl methyl sites for hydroxylation is 1. The third-order valence-electron chi connectivity index (χ3n) is 3.97. The van der Waals surface area contributed by atoms with Crippen LogP contribution in [0.3, 0.4) is 0 Å². The molecule has 0 saturated heterocycles. The number of hydrogen-bond acceptors (Lipinski definition) is 3. The molecule has 0 bridgehead atoms. The molecule has 0 unspecified atom stereocenters. The van der Waals surface area contributed by atoms with E-state index in [4.69, 9.17) is 16.7 Å². The number of aliphatic carboxylic acids is 1. The molecule has 114 valence electrons. The van der Waals surface area contributed by atoms with Gasteiger partial charge in [-0.1, -0.05) is 17.7 Å². The standard InChI is InChI=1S/C15H18ClNO4/c1-8-2-3-9(5-12(8)16)14(19)17-7-11-4-10(15(20)21)6-13(11)18/h2-3,5,10-11,13,18H,4,6-7H2,1H3,(H,17,19)(H,20,21)/t10-,11-,13-/m1/s1. The van der Waals surface area contributed by atoms with E-state index < -0.39 is 18.0 Å². The van der Waals surface area contributed by atoms with Gasteiger partial charge < -0.3 is 15.5 Å². The zero-order valence-electron chi connectivity index (χ0n) is 11.7. The molecule has 3 atom stereocenters.